The molecule has 0 aliphatic rings. The van der Waals surface area contributed by atoms with E-state index in [2.05, 4.69) is 48.4 Å². The molecule has 5 heteroatoms. The first-order valence-electron chi connectivity index (χ1n) is 9.25. The summed E-state index contributed by atoms with van der Waals surface area (Å²) < 4.78 is 0. The maximum atomic E-state index is 12.3. The first kappa shape index (κ1) is 20.1. The van der Waals surface area contributed by atoms with Gasteiger partial charge in [0.15, 0.2) is 0 Å². The molecule has 0 unspecified atom stereocenters. The van der Waals surface area contributed by atoms with Crippen LogP contribution in [0, 0.1) is 34.6 Å². The predicted molar refractivity (Wildman–Crippen MR) is 117 cm³/mol. The highest BCUT2D eigenvalue weighted by atomic mass is 32.2. The minimum absolute atomic E-state index is 0.0467. The van der Waals surface area contributed by atoms with Gasteiger partial charge in [0, 0.05) is 11.3 Å². The zero-order valence-electron chi connectivity index (χ0n) is 17.0. The Morgan fingerprint density at radius 2 is 1.61 bits per heavy atom. The highest BCUT2D eigenvalue weighted by molar-refractivity contribution is 7.99. The van der Waals surface area contributed by atoms with Crippen molar-refractivity contribution in [1.82, 2.24) is 10.2 Å². The molecule has 3 rings (SSSR count). The minimum atomic E-state index is -0.0467. The van der Waals surface area contributed by atoms with Gasteiger partial charge in [-0.3, -0.25) is 4.79 Å². The molecule has 0 bridgehead atoms. The maximum absolute atomic E-state index is 12.3. The van der Waals surface area contributed by atoms with Gasteiger partial charge in [-0.15, -0.1) is 10.2 Å². The van der Waals surface area contributed by atoms with Crippen molar-refractivity contribution in [2.45, 2.75) is 39.6 Å². The van der Waals surface area contributed by atoms with Crippen LogP contribution >= 0.6 is 11.8 Å². The van der Waals surface area contributed by atoms with E-state index in [1.165, 1.54) is 28.5 Å². The number of rotatable bonds is 5. The van der Waals surface area contributed by atoms with Gasteiger partial charge in [-0.05, 0) is 86.7 Å². The number of carbonyl (C=O) groups excluding carboxylic acids is 1. The molecule has 0 spiro atoms. The Balaban J connectivity index is 1.64. The van der Waals surface area contributed by atoms with E-state index in [-0.39, 0.29) is 5.91 Å². The van der Waals surface area contributed by atoms with E-state index in [9.17, 15) is 4.79 Å². The van der Waals surface area contributed by atoms with Gasteiger partial charge in [-0.25, -0.2) is 0 Å². The van der Waals surface area contributed by atoms with Crippen molar-refractivity contribution in [2.75, 3.05) is 11.1 Å². The normalized spacial score (nSPS) is 10.8. The fourth-order valence-electron chi connectivity index (χ4n) is 2.97. The molecule has 4 nitrogen and oxygen atoms in total. The quantitative estimate of drug-likeness (QED) is 0.590. The second kappa shape index (κ2) is 8.57. The van der Waals surface area contributed by atoms with Crippen molar-refractivity contribution in [3.63, 3.8) is 0 Å². The Bertz CT molecular complexity index is 1010. The molecule has 1 N–H and O–H groups in total. The van der Waals surface area contributed by atoms with E-state index in [1.54, 1.807) is 0 Å². The molecule has 144 valence electrons. The SMILES string of the molecule is Cc1ccc(C)c(NC(=O)CSc2ccc(-c3cc(C)c(C)cc3C)nn2)c1. The summed E-state index contributed by atoms with van der Waals surface area (Å²) in [5, 5.41) is 12.4. The van der Waals surface area contributed by atoms with Crippen molar-refractivity contribution in [2.24, 2.45) is 0 Å². The first-order valence-corrected chi connectivity index (χ1v) is 10.2. The van der Waals surface area contributed by atoms with E-state index in [1.807, 2.05) is 44.2 Å². The third-order valence-electron chi connectivity index (χ3n) is 4.78. The lowest BCUT2D eigenvalue weighted by Gasteiger charge is -2.10. The first-order chi connectivity index (χ1) is 13.3. The number of benzene rings is 2. The predicted octanol–water partition coefficient (Wildman–Crippen LogP) is 5.42. The highest BCUT2D eigenvalue weighted by Crippen LogP contribution is 2.26. The number of nitrogens with zero attached hydrogens (tertiary/aromatic N) is 2. The van der Waals surface area contributed by atoms with E-state index < -0.39 is 0 Å². The summed E-state index contributed by atoms with van der Waals surface area (Å²) in [6.07, 6.45) is 0. The second-order valence-corrected chi connectivity index (χ2v) is 8.16. The number of anilines is 1. The summed E-state index contributed by atoms with van der Waals surface area (Å²) >= 11 is 1.39. The molecular formula is C23H25N3OS. The van der Waals surface area contributed by atoms with Crippen molar-refractivity contribution in [1.29, 1.82) is 0 Å². The lowest BCUT2D eigenvalue weighted by atomic mass is 9.99. The van der Waals surface area contributed by atoms with Gasteiger partial charge in [0.1, 0.15) is 5.03 Å². The van der Waals surface area contributed by atoms with Crippen molar-refractivity contribution < 1.29 is 4.79 Å². The van der Waals surface area contributed by atoms with Gasteiger partial charge in [0.2, 0.25) is 5.91 Å². The Labute approximate surface area is 170 Å². The van der Waals surface area contributed by atoms with Gasteiger partial charge < -0.3 is 5.32 Å². The second-order valence-electron chi connectivity index (χ2n) is 7.16. The topological polar surface area (TPSA) is 54.9 Å². The van der Waals surface area contributed by atoms with Crippen LogP contribution in [0.25, 0.3) is 11.3 Å². The van der Waals surface area contributed by atoms with E-state index >= 15 is 0 Å². The molecule has 0 aliphatic heterocycles. The molecule has 0 aliphatic carbocycles. The third-order valence-corrected chi connectivity index (χ3v) is 5.70. The van der Waals surface area contributed by atoms with Crippen molar-refractivity contribution >= 4 is 23.4 Å². The monoisotopic (exact) mass is 391 g/mol. The summed E-state index contributed by atoms with van der Waals surface area (Å²) in [7, 11) is 0. The minimum Gasteiger partial charge on any atom is -0.325 e. The van der Waals surface area contributed by atoms with Crippen LogP contribution in [0.4, 0.5) is 5.69 Å². The number of hydrogen-bond acceptors (Lipinski definition) is 4. The van der Waals surface area contributed by atoms with Crippen LogP contribution in [-0.4, -0.2) is 21.9 Å². The summed E-state index contributed by atoms with van der Waals surface area (Å²) in [4.78, 5) is 12.3. The van der Waals surface area contributed by atoms with Crippen LogP contribution < -0.4 is 5.32 Å². The largest absolute Gasteiger partial charge is 0.325 e. The van der Waals surface area contributed by atoms with Crippen molar-refractivity contribution in [3.05, 3.63) is 70.3 Å². The maximum Gasteiger partial charge on any atom is 0.234 e. The van der Waals surface area contributed by atoms with Gasteiger partial charge in [0.05, 0.1) is 11.4 Å². The van der Waals surface area contributed by atoms with E-state index in [4.69, 9.17) is 0 Å². The Hall–Kier alpha value is -2.66. The summed E-state index contributed by atoms with van der Waals surface area (Å²) in [5.74, 6) is 0.249. The van der Waals surface area contributed by atoms with Crippen LogP contribution in [-0.2, 0) is 4.79 Å². The number of thioether (sulfide) groups is 1. The Morgan fingerprint density at radius 1 is 0.857 bits per heavy atom. The average molecular weight is 392 g/mol. The standard InChI is InChI=1S/C23H25N3OS/c1-14-6-7-15(2)21(10-14)24-22(27)13-28-23-9-8-20(25-26-23)19-12-17(4)16(3)11-18(19)5/h6-12H,13H2,1-5H3,(H,24,27). The van der Waals surface area contributed by atoms with E-state index in [0.717, 1.165) is 33.1 Å². The average Bonchev–Trinajstić information content (AvgIpc) is 2.66. The highest BCUT2D eigenvalue weighted by Gasteiger charge is 2.09. The zero-order chi connectivity index (χ0) is 20.3. The third kappa shape index (κ3) is 4.78. The molecular weight excluding hydrogens is 366 g/mol. The number of hydrogen-bond donors (Lipinski definition) is 1. The molecule has 1 amide bonds. The zero-order valence-corrected chi connectivity index (χ0v) is 17.8. The summed E-state index contributed by atoms with van der Waals surface area (Å²) in [6, 6.07) is 14.2. The summed E-state index contributed by atoms with van der Waals surface area (Å²) in [6.45, 7) is 10.3. The van der Waals surface area contributed by atoms with E-state index in [0.29, 0.717) is 5.75 Å². The van der Waals surface area contributed by atoms with Crippen LogP contribution in [0.1, 0.15) is 27.8 Å². The fraction of sp³-hybridized carbons (Fsp3) is 0.261. The Morgan fingerprint density at radius 3 is 2.32 bits per heavy atom. The number of nitrogens with one attached hydrogen (secondary N) is 1. The summed E-state index contributed by atoms with van der Waals surface area (Å²) in [5.41, 5.74) is 8.68. The molecule has 2 aromatic carbocycles. The molecule has 1 heterocycles. The number of carbonyl (C=O) groups is 1. The molecule has 1 aromatic heterocycles. The molecule has 0 saturated heterocycles. The van der Waals surface area contributed by atoms with Crippen LogP contribution in [0.2, 0.25) is 0 Å². The molecule has 3 aromatic rings. The lowest BCUT2D eigenvalue weighted by molar-refractivity contribution is -0.113. The van der Waals surface area contributed by atoms with Gasteiger partial charge in [0.25, 0.3) is 0 Å². The fourth-order valence-corrected chi connectivity index (χ4v) is 3.59. The van der Waals surface area contributed by atoms with Crippen molar-refractivity contribution in [3.8, 4) is 11.3 Å². The lowest BCUT2D eigenvalue weighted by Crippen LogP contribution is -2.15. The number of aromatic nitrogens is 2. The van der Waals surface area contributed by atoms with Gasteiger partial charge in [-0.1, -0.05) is 30.0 Å². The number of amides is 1. The molecule has 0 atom stereocenters. The van der Waals surface area contributed by atoms with Gasteiger partial charge >= 0.3 is 0 Å². The van der Waals surface area contributed by atoms with Crippen LogP contribution in [0.15, 0.2) is 47.5 Å². The molecule has 0 radical (unpaired) electrons. The number of aryl methyl sites for hydroxylation is 5. The molecule has 28 heavy (non-hydrogen) atoms. The molecule has 0 fully saturated rings. The smallest absolute Gasteiger partial charge is 0.234 e. The Kier molecular flexibility index (Phi) is 6.15. The van der Waals surface area contributed by atoms with Crippen LogP contribution in [0.3, 0.4) is 0 Å². The van der Waals surface area contributed by atoms with Gasteiger partial charge in [-0.2, -0.15) is 0 Å². The van der Waals surface area contributed by atoms with Crippen LogP contribution in [0.5, 0.6) is 0 Å². The molecule has 0 saturated carbocycles.